The normalized spacial score (nSPS) is 11.7. The van der Waals surface area contributed by atoms with Gasteiger partial charge >= 0.3 is 6.18 Å². The molecular weight excluding hydrogens is 393 g/mol. The van der Waals surface area contributed by atoms with Gasteiger partial charge in [0, 0.05) is 35.7 Å². The number of nitrogens with one attached hydrogen (secondary N) is 3. The SMILES string of the molecule is CNCCc1cc(Nc2n[nH]c3ccccc23)nc(-c2ccccc2C(F)(F)F)n1. The standard InChI is InChI=1S/C21H19F3N6/c1-25-11-10-13-12-18(28-20-15-7-3-5-9-17(15)29-30-20)27-19(26-13)14-6-2-4-8-16(14)21(22,23)24/h2-9,12,25H,10-11H2,1H3,(H2,26,27,28,29,30). The van der Waals surface area contributed by atoms with Crippen molar-refractivity contribution in [2.45, 2.75) is 12.6 Å². The molecule has 0 radical (unpaired) electrons. The molecule has 4 aromatic rings. The minimum atomic E-state index is -4.51. The van der Waals surface area contributed by atoms with Crippen molar-refractivity contribution in [2.75, 3.05) is 18.9 Å². The van der Waals surface area contributed by atoms with Crippen molar-refractivity contribution in [3.8, 4) is 11.4 Å². The topological polar surface area (TPSA) is 78.5 Å². The molecule has 0 aliphatic carbocycles. The number of rotatable bonds is 6. The minimum Gasteiger partial charge on any atom is -0.323 e. The minimum absolute atomic E-state index is 0.0128. The summed E-state index contributed by atoms with van der Waals surface area (Å²) in [6.07, 6.45) is -3.97. The van der Waals surface area contributed by atoms with E-state index in [0.717, 1.165) is 17.0 Å². The number of benzene rings is 2. The van der Waals surface area contributed by atoms with Crippen LogP contribution in [0, 0.1) is 0 Å². The second-order valence-corrected chi connectivity index (χ2v) is 6.71. The lowest BCUT2D eigenvalue weighted by molar-refractivity contribution is -0.137. The Hall–Kier alpha value is -3.46. The molecule has 6 nitrogen and oxygen atoms in total. The molecule has 0 amide bonds. The van der Waals surface area contributed by atoms with E-state index in [9.17, 15) is 13.2 Å². The van der Waals surface area contributed by atoms with Gasteiger partial charge in [-0.05, 0) is 25.2 Å². The number of anilines is 2. The van der Waals surface area contributed by atoms with Gasteiger partial charge in [0.1, 0.15) is 5.82 Å². The number of para-hydroxylation sites is 1. The van der Waals surface area contributed by atoms with Crippen LogP contribution in [-0.2, 0) is 12.6 Å². The zero-order chi connectivity index (χ0) is 21.1. The predicted octanol–water partition coefficient (Wildman–Crippen LogP) is 4.54. The second kappa shape index (κ2) is 8.11. The average Bonchev–Trinajstić information content (AvgIpc) is 3.14. The molecule has 0 atom stereocenters. The fraction of sp³-hybridized carbons (Fsp3) is 0.190. The number of nitrogens with zero attached hydrogens (tertiary/aromatic N) is 3. The molecule has 154 valence electrons. The molecule has 0 spiro atoms. The molecule has 0 unspecified atom stereocenters. The monoisotopic (exact) mass is 412 g/mol. The highest BCUT2D eigenvalue weighted by atomic mass is 19.4. The van der Waals surface area contributed by atoms with Gasteiger partial charge in [-0.3, -0.25) is 5.10 Å². The maximum Gasteiger partial charge on any atom is 0.417 e. The van der Waals surface area contributed by atoms with Gasteiger partial charge in [0.05, 0.1) is 11.1 Å². The van der Waals surface area contributed by atoms with E-state index < -0.39 is 11.7 Å². The lowest BCUT2D eigenvalue weighted by Crippen LogP contribution is -2.13. The number of halogens is 3. The van der Waals surface area contributed by atoms with Crippen LogP contribution in [0.3, 0.4) is 0 Å². The molecule has 0 aliphatic rings. The van der Waals surface area contributed by atoms with Gasteiger partial charge in [-0.25, -0.2) is 9.97 Å². The quantitative estimate of drug-likeness (QED) is 0.433. The number of H-pyrrole nitrogens is 1. The zero-order valence-corrected chi connectivity index (χ0v) is 16.1. The summed E-state index contributed by atoms with van der Waals surface area (Å²) in [6, 6.07) is 14.6. The van der Waals surface area contributed by atoms with Crippen LogP contribution in [0.25, 0.3) is 22.3 Å². The van der Waals surface area contributed by atoms with Crippen LogP contribution in [-0.4, -0.2) is 33.8 Å². The van der Waals surface area contributed by atoms with Crippen LogP contribution >= 0.6 is 0 Å². The van der Waals surface area contributed by atoms with Crippen molar-refractivity contribution in [1.29, 1.82) is 0 Å². The van der Waals surface area contributed by atoms with Gasteiger partial charge in [-0.2, -0.15) is 18.3 Å². The maximum atomic E-state index is 13.5. The third-order valence-corrected chi connectivity index (χ3v) is 4.60. The van der Waals surface area contributed by atoms with Crippen LogP contribution in [0.4, 0.5) is 24.8 Å². The number of hydrogen-bond acceptors (Lipinski definition) is 5. The van der Waals surface area contributed by atoms with Crippen LogP contribution < -0.4 is 10.6 Å². The third-order valence-electron chi connectivity index (χ3n) is 4.60. The first-order valence-electron chi connectivity index (χ1n) is 9.35. The fourth-order valence-corrected chi connectivity index (χ4v) is 3.17. The van der Waals surface area contributed by atoms with Gasteiger partial charge in [-0.15, -0.1) is 0 Å². The highest BCUT2D eigenvalue weighted by Gasteiger charge is 2.34. The molecule has 0 saturated carbocycles. The van der Waals surface area contributed by atoms with E-state index in [2.05, 4.69) is 30.8 Å². The lowest BCUT2D eigenvalue weighted by Gasteiger charge is -2.14. The van der Waals surface area contributed by atoms with Gasteiger partial charge in [0.25, 0.3) is 0 Å². The number of aromatic amines is 1. The molecular formula is C21H19F3N6. The highest BCUT2D eigenvalue weighted by molar-refractivity contribution is 5.91. The van der Waals surface area contributed by atoms with E-state index in [0.29, 0.717) is 30.3 Å². The first-order chi connectivity index (χ1) is 14.5. The largest absolute Gasteiger partial charge is 0.417 e. The van der Waals surface area contributed by atoms with E-state index >= 15 is 0 Å². The summed E-state index contributed by atoms with van der Waals surface area (Å²) in [4.78, 5) is 8.76. The molecule has 2 aromatic heterocycles. The Morgan fingerprint density at radius 2 is 1.77 bits per heavy atom. The van der Waals surface area contributed by atoms with Crippen LogP contribution in [0.2, 0.25) is 0 Å². The molecule has 9 heteroatoms. The number of likely N-dealkylation sites (N-methyl/N-ethyl adjacent to an activating group) is 1. The molecule has 30 heavy (non-hydrogen) atoms. The van der Waals surface area contributed by atoms with Crippen molar-refractivity contribution >= 4 is 22.5 Å². The van der Waals surface area contributed by atoms with Gasteiger partial charge in [-0.1, -0.05) is 30.3 Å². The van der Waals surface area contributed by atoms with Gasteiger partial charge in [0.15, 0.2) is 11.6 Å². The highest BCUT2D eigenvalue weighted by Crippen LogP contribution is 2.36. The van der Waals surface area contributed by atoms with Gasteiger partial charge in [0.2, 0.25) is 0 Å². The smallest absolute Gasteiger partial charge is 0.323 e. The Labute approximate surface area is 170 Å². The molecule has 3 N–H and O–H groups in total. The molecule has 2 heterocycles. The summed E-state index contributed by atoms with van der Waals surface area (Å²) in [7, 11) is 1.80. The lowest BCUT2D eigenvalue weighted by atomic mass is 10.1. The number of fused-ring (bicyclic) bond motifs is 1. The second-order valence-electron chi connectivity index (χ2n) is 6.71. The Morgan fingerprint density at radius 1 is 1.00 bits per heavy atom. The zero-order valence-electron chi connectivity index (χ0n) is 16.1. The fourth-order valence-electron chi connectivity index (χ4n) is 3.17. The van der Waals surface area contributed by atoms with E-state index in [1.165, 1.54) is 12.1 Å². The van der Waals surface area contributed by atoms with Crippen molar-refractivity contribution in [3.05, 3.63) is 65.9 Å². The van der Waals surface area contributed by atoms with E-state index in [4.69, 9.17) is 0 Å². The van der Waals surface area contributed by atoms with Gasteiger partial charge < -0.3 is 10.6 Å². The van der Waals surface area contributed by atoms with Crippen molar-refractivity contribution in [2.24, 2.45) is 0 Å². The number of aromatic nitrogens is 4. The Bertz CT molecular complexity index is 1170. The van der Waals surface area contributed by atoms with E-state index in [1.54, 1.807) is 19.2 Å². The predicted molar refractivity (Wildman–Crippen MR) is 109 cm³/mol. The third kappa shape index (κ3) is 4.11. The molecule has 0 bridgehead atoms. The Morgan fingerprint density at radius 3 is 2.57 bits per heavy atom. The molecule has 4 rings (SSSR count). The summed E-state index contributed by atoms with van der Waals surface area (Å²) in [6.45, 7) is 0.627. The molecule has 0 aliphatic heterocycles. The van der Waals surface area contributed by atoms with Crippen molar-refractivity contribution in [3.63, 3.8) is 0 Å². The molecule has 0 fully saturated rings. The summed E-state index contributed by atoms with van der Waals surface area (Å²) in [5.74, 6) is 0.929. The van der Waals surface area contributed by atoms with Crippen molar-refractivity contribution < 1.29 is 13.2 Å². The summed E-state index contributed by atoms with van der Waals surface area (Å²) >= 11 is 0. The summed E-state index contributed by atoms with van der Waals surface area (Å²) in [5, 5.41) is 14.2. The van der Waals surface area contributed by atoms with Crippen LogP contribution in [0.1, 0.15) is 11.3 Å². The Balaban J connectivity index is 1.79. The van der Waals surface area contributed by atoms with Crippen molar-refractivity contribution in [1.82, 2.24) is 25.5 Å². The first-order valence-corrected chi connectivity index (χ1v) is 9.35. The number of hydrogen-bond donors (Lipinski definition) is 3. The number of alkyl halides is 3. The first kappa shape index (κ1) is 19.8. The van der Waals surface area contributed by atoms with Crippen LogP contribution in [0.5, 0.6) is 0 Å². The summed E-state index contributed by atoms with van der Waals surface area (Å²) in [5.41, 5.74) is 0.624. The molecule has 2 aromatic carbocycles. The summed E-state index contributed by atoms with van der Waals surface area (Å²) < 4.78 is 40.6. The van der Waals surface area contributed by atoms with E-state index in [1.807, 2.05) is 24.3 Å². The van der Waals surface area contributed by atoms with E-state index in [-0.39, 0.29) is 11.4 Å². The Kier molecular flexibility index (Phi) is 5.37. The van der Waals surface area contributed by atoms with Crippen LogP contribution in [0.15, 0.2) is 54.6 Å². The average molecular weight is 412 g/mol. The molecule has 0 saturated heterocycles. The maximum absolute atomic E-state index is 13.5.